The molecule has 3 rings (SSSR count). The minimum Gasteiger partial charge on any atom is -0.346 e. The number of thiocarbonyl (C=S) groups is 1. The number of benzene rings is 1. The van der Waals surface area contributed by atoms with Crippen molar-refractivity contribution in [3.63, 3.8) is 0 Å². The van der Waals surface area contributed by atoms with Gasteiger partial charge in [-0.25, -0.2) is 4.39 Å². The van der Waals surface area contributed by atoms with E-state index < -0.39 is 0 Å². The van der Waals surface area contributed by atoms with Gasteiger partial charge < -0.3 is 10.2 Å². The standard InChI is InChI=1S/C17H19BrFN3S2/c18-15-12-13(19)3-4-16(15)20-17(23)22-9-7-21(8-10-22)6-5-14-2-1-11-24-14/h1-4,11-12H,5-10H2,(H,20,23). The van der Waals surface area contributed by atoms with E-state index in [-0.39, 0.29) is 5.82 Å². The van der Waals surface area contributed by atoms with Gasteiger partial charge in [0.15, 0.2) is 5.11 Å². The highest BCUT2D eigenvalue weighted by Gasteiger charge is 2.19. The summed E-state index contributed by atoms with van der Waals surface area (Å²) >= 11 is 10.7. The van der Waals surface area contributed by atoms with E-state index in [9.17, 15) is 4.39 Å². The number of halogens is 2. The van der Waals surface area contributed by atoms with Gasteiger partial charge in [-0.15, -0.1) is 11.3 Å². The normalized spacial score (nSPS) is 15.5. The van der Waals surface area contributed by atoms with Crippen LogP contribution in [-0.4, -0.2) is 47.6 Å². The molecule has 0 unspecified atom stereocenters. The highest BCUT2D eigenvalue weighted by atomic mass is 79.9. The molecular weight excluding hydrogens is 409 g/mol. The Morgan fingerprint density at radius 1 is 1.25 bits per heavy atom. The van der Waals surface area contributed by atoms with Crippen molar-refractivity contribution in [1.82, 2.24) is 9.80 Å². The van der Waals surface area contributed by atoms with Crippen molar-refractivity contribution < 1.29 is 4.39 Å². The second-order valence-electron chi connectivity index (χ2n) is 5.71. The molecule has 0 saturated carbocycles. The number of rotatable bonds is 4. The van der Waals surface area contributed by atoms with Crippen molar-refractivity contribution in [3.8, 4) is 0 Å². The van der Waals surface area contributed by atoms with Crippen LogP contribution >= 0.6 is 39.5 Å². The van der Waals surface area contributed by atoms with E-state index in [0.717, 1.165) is 44.8 Å². The fraction of sp³-hybridized carbons (Fsp3) is 0.353. The smallest absolute Gasteiger partial charge is 0.173 e. The summed E-state index contributed by atoms with van der Waals surface area (Å²) in [5, 5.41) is 6.03. The molecule has 1 aliphatic heterocycles. The van der Waals surface area contributed by atoms with Gasteiger partial charge in [-0.2, -0.15) is 0 Å². The summed E-state index contributed by atoms with van der Waals surface area (Å²) < 4.78 is 13.8. The number of anilines is 1. The van der Waals surface area contributed by atoms with Gasteiger partial charge in [-0.1, -0.05) is 6.07 Å². The summed E-state index contributed by atoms with van der Waals surface area (Å²) in [6.07, 6.45) is 1.11. The molecule has 1 N–H and O–H groups in total. The molecule has 2 heterocycles. The van der Waals surface area contributed by atoms with E-state index in [4.69, 9.17) is 12.2 Å². The molecule has 24 heavy (non-hydrogen) atoms. The molecular formula is C17H19BrFN3S2. The average molecular weight is 428 g/mol. The van der Waals surface area contributed by atoms with Crippen molar-refractivity contribution in [2.24, 2.45) is 0 Å². The molecule has 1 fully saturated rings. The Balaban J connectivity index is 1.46. The zero-order chi connectivity index (χ0) is 16.9. The lowest BCUT2D eigenvalue weighted by atomic mass is 10.2. The Morgan fingerprint density at radius 3 is 2.71 bits per heavy atom. The molecule has 1 aromatic heterocycles. The van der Waals surface area contributed by atoms with E-state index in [0.29, 0.717) is 9.59 Å². The largest absolute Gasteiger partial charge is 0.346 e. The van der Waals surface area contributed by atoms with Gasteiger partial charge in [-0.3, -0.25) is 4.90 Å². The van der Waals surface area contributed by atoms with Crippen LogP contribution in [0.4, 0.5) is 10.1 Å². The minimum atomic E-state index is -0.266. The Bertz CT molecular complexity index is 685. The first-order valence-electron chi connectivity index (χ1n) is 7.87. The van der Waals surface area contributed by atoms with Gasteiger partial charge in [0.2, 0.25) is 0 Å². The van der Waals surface area contributed by atoms with Crippen LogP contribution in [0.5, 0.6) is 0 Å². The fourth-order valence-electron chi connectivity index (χ4n) is 2.68. The maximum absolute atomic E-state index is 13.2. The molecule has 0 bridgehead atoms. The average Bonchev–Trinajstić information content (AvgIpc) is 3.09. The van der Waals surface area contributed by atoms with E-state index in [1.54, 1.807) is 6.07 Å². The van der Waals surface area contributed by atoms with Gasteiger partial charge in [0.1, 0.15) is 5.82 Å². The summed E-state index contributed by atoms with van der Waals surface area (Å²) in [6, 6.07) is 8.87. The van der Waals surface area contributed by atoms with Crippen molar-refractivity contribution in [2.75, 3.05) is 38.0 Å². The lowest BCUT2D eigenvalue weighted by Crippen LogP contribution is -2.50. The van der Waals surface area contributed by atoms with Crippen LogP contribution in [0.3, 0.4) is 0 Å². The molecule has 1 aromatic carbocycles. The highest BCUT2D eigenvalue weighted by Crippen LogP contribution is 2.23. The lowest BCUT2D eigenvalue weighted by Gasteiger charge is -2.36. The van der Waals surface area contributed by atoms with Crippen molar-refractivity contribution >= 4 is 50.3 Å². The summed E-state index contributed by atoms with van der Waals surface area (Å²) in [5.41, 5.74) is 0.793. The van der Waals surface area contributed by atoms with Crippen LogP contribution in [0.1, 0.15) is 4.88 Å². The Labute approximate surface area is 159 Å². The molecule has 0 aliphatic carbocycles. The van der Waals surface area contributed by atoms with Crippen LogP contribution in [0.15, 0.2) is 40.2 Å². The first-order valence-corrected chi connectivity index (χ1v) is 9.95. The predicted octanol–water partition coefficient (Wildman–Crippen LogP) is 4.21. The quantitative estimate of drug-likeness (QED) is 0.736. The second kappa shape index (κ2) is 8.38. The molecule has 0 radical (unpaired) electrons. The number of hydrogen-bond acceptors (Lipinski definition) is 3. The Morgan fingerprint density at radius 2 is 2.04 bits per heavy atom. The molecule has 7 heteroatoms. The van der Waals surface area contributed by atoms with Crippen LogP contribution < -0.4 is 5.32 Å². The van der Waals surface area contributed by atoms with Gasteiger partial charge in [0, 0.05) is 42.1 Å². The van der Waals surface area contributed by atoms with Crippen LogP contribution in [0.2, 0.25) is 0 Å². The fourth-order valence-corrected chi connectivity index (χ4v) is 4.12. The minimum absolute atomic E-state index is 0.266. The van der Waals surface area contributed by atoms with E-state index in [1.807, 2.05) is 11.3 Å². The monoisotopic (exact) mass is 427 g/mol. The lowest BCUT2D eigenvalue weighted by molar-refractivity contribution is 0.186. The second-order valence-corrected chi connectivity index (χ2v) is 7.99. The van der Waals surface area contributed by atoms with Gasteiger partial charge in [0.25, 0.3) is 0 Å². The number of piperazine rings is 1. The SMILES string of the molecule is Fc1ccc(NC(=S)N2CCN(CCc3cccs3)CC2)c(Br)c1. The summed E-state index contributed by atoms with van der Waals surface area (Å²) in [6.45, 7) is 4.94. The molecule has 0 spiro atoms. The van der Waals surface area contributed by atoms with Crippen LogP contribution in [-0.2, 0) is 6.42 Å². The zero-order valence-electron chi connectivity index (χ0n) is 13.2. The number of hydrogen-bond donors (Lipinski definition) is 1. The Kier molecular flexibility index (Phi) is 6.21. The van der Waals surface area contributed by atoms with Crippen molar-refractivity contribution in [1.29, 1.82) is 0 Å². The van der Waals surface area contributed by atoms with Gasteiger partial charge in [-0.05, 0) is 64.2 Å². The third-order valence-electron chi connectivity index (χ3n) is 4.09. The first-order chi connectivity index (χ1) is 11.6. The van der Waals surface area contributed by atoms with Gasteiger partial charge >= 0.3 is 0 Å². The number of nitrogens with zero attached hydrogens (tertiary/aromatic N) is 2. The molecule has 0 amide bonds. The Hall–Kier alpha value is -1.02. The number of thiophene rings is 1. The molecule has 2 aromatic rings. The summed E-state index contributed by atoms with van der Waals surface area (Å²) in [4.78, 5) is 6.09. The molecule has 1 saturated heterocycles. The molecule has 1 aliphatic rings. The van der Waals surface area contributed by atoms with Crippen molar-refractivity contribution in [3.05, 3.63) is 50.9 Å². The topological polar surface area (TPSA) is 18.5 Å². The predicted molar refractivity (Wildman–Crippen MR) is 106 cm³/mol. The summed E-state index contributed by atoms with van der Waals surface area (Å²) in [7, 11) is 0. The van der Waals surface area contributed by atoms with E-state index >= 15 is 0 Å². The first kappa shape index (κ1) is 17.8. The molecule has 128 valence electrons. The van der Waals surface area contributed by atoms with Gasteiger partial charge in [0.05, 0.1) is 5.69 Å². The van der Waals surface area contributed by atoms with Crippen LogP contribution in [0.25, 0.3) is 0 Å². The molecule has 3 nitrogen and oxygen atoms in total. The van der Waals surface area contributed by atoms with Crippen molar-refractivity contribution in [2.45, 2.75) is 6.42 Å². The highest BCUT2D eigenvalue weighted by molar-refractivity contribution is 9.10. The third-order valence-corrected chi connectivity index (χ3v) is 6.04. The molecule has 0 atom stereocenters. The number of nitrogens with one attached hydrogen (secondary N) is 1. The van der Waals surface area contributed by atoms with E-state index in [1.165, 1.54) is 17.0 Å². The van der Waals surface area contributed by atoms with Crippen LogP contribution in [0, 0.1) is 5.82 Å². The van der Waals surface area contributed by atoms with E-state index in [2.05, 4.69) is 48.6 Å². The maximum atomic E-state index is 13.2. The zero-order valence-corrected chi connectivity index (χ0v) is 16.4. The third kappa shape index (κ3) is 4.75. The summed E-state index contributed by atoms with van der Waals surface area (Å²) in [5.74, 6) is -0.266. The maximum Gasteiger partial charge on any atom is 0.173 e.